The van der Waals surface area contributed by atoms with Crippen LogP contribution in [0.2, 0.25) is 10.0 Å². The van der Waals surface area contributed by atoms with Gasteiger partial charge in [-0.25, -0.2) is 4.98 Å². The summed E-state index contributed by atoms with van der Waals surface area (Å²) in [5.74, 6) is 1.07. The molecule has 0 saturated heterocycles. The molecule has 0 aliphatic heterocycles. The van der Waals surface area contributed by atoms with Crippen LogP contribution in [-0.2, 0) is 6.54 Å². The Morgan fingerprint density at radius 1 is 1.20 bits per heavy atom. The highest BCUT2D eigenvalue weighted by atomic mass is 35.5. The largest absolute Gasteiger partial charge is 0.437 e. The average Bonchev–Trinajstić information content (AvgIpc) is 3.25. The monoisotopic (exact) mass is 308 g/mol. The predicted octanol–water partition coefficient (Wildman–Crippen LogP) is 4.43. The molecule has 0 atom stereocenters. The van der Waals surface area contributed by atoms with Crippen LogP contribution in [0.4, 0.5) is 0 Å². The molecular weight excluding hydrogens is 295 g/mol. The molecule has 1 aliphatic carbocycles. The highest BCUT2D eigenvalue weighted by Gasteiger charge is 2.19. The van der Waals surface area contributed by atoms with Gasteiger partial charge < -0.3 is 10.1 Å². The Hall–Kier alpha value is -1.29. The van der Waals surface area contributed by atoms with Gasteiger partial charge >= 0.3 is 0 Å². The molecule has 20 heavy (non-hydrogen) atoms. The second-order valence-corrected chi connectivity index (χ2v) is 5.68. The summed E-state index contributed by atoms with van der Waals surface area (Å²) < 4.78 is 5.63. The van der Waals surface area contributed by atoms with Crippen LogP contribution in [0, 0.1) is 0 Å². The van der Waals surface area contributed by atoms with Gasteiger partial charge in [-0.1, -0.05) is 29.3 Å². The molecule has 1 saturated carbocycles. The number of ether oxygens (including phenoxy) is 1. The third-order valence-corrected chi connectivity index (χ3v) is 3.61. The van der Waals surface area contributed by atoms with E-state index in [0.717, 1.165) is 12.1 Å². The molecule has 1 N–H and O–H groups in total. The molecule has 5 heteroatoms. The number of pyridine rings is 1. The summed E-state index contributed by atoms with van der Waals surface area (Å²) in [5, 5.41) is 4.49. The number of rotatable bonds is 5. The zero-order valence-electron chi connectivity index (χ0n) is 10.8. The fourth-order valence-electron chi connectivity index (χ4n) is 1.80. The standard InChI is InChI=1S/C15H14Cl2N2O/c16-11-2-5-14(13(17)7-11)20-15-6-1-10(9-19-15)8-18-12-3-4-12/h1-2,5-7,9,12,18H,3-4,8H2. The third kappa shape index (κ3) is 3.63. The van der Waals surface area contributed by atoms with E-state index in [1.807, 2.05) is 18.3 Å². The summed E-state index contributed by atoms with van der Waals surface area (Å²) in [5.41, 5.74) is 1.14. The first-order valence-electron chi connectivity index (χ1n) is 6.52. The molecule has 1 aliphatic rings. The molecule has 0 bridgehead atoms. The van der Waals surface area contributed by atoms with Crippen molar-refractivity contribution in [3.63, 3.8) is 0 Å². The van der Waals surface area contributed by atoms with E-state index in [9.17, 15) is 0 Å². The Labute approximate surface area is 127 Å². The molecule has 0 radical (unpaired) electrons. The number of hydrogen-bond donors (Lipinski definition) is 1. The van der Waals surface area contributed by atoms with Crippen molar-refractivity contribution in [1.82, 2.24) is 10.3 Å². The van der Waals surface area contributed by atoms with Gasteiger partial charge in [-0.2, -0.15) is 0 Å². The van der Waals surface area contributed by atoms with Crippen molar-refractivity contribution in [2.45, 2.75) is 25.4 Å². The van der Waals surface area contributed by atoms with Crippen molar-refractivity contribution < 1.29 is 4.74 Å². The molecule has 2 aromatic rings. The maximum atomic E-state index is 6.05. The fraction of sp³-hybridized carbons (Fsp3) is 0.267. The van der Waals surface area contributed by atoms with E-state index in [1.165, 1.54) is 12.8 Å². The van der Waals surface area contributed by atoms with Crippen molar-refractivity contribution in [2.75, 3.05) is 0 Å². The van der Waals surface area contributed by atoms with E-state index in [2.05, 4.69) is 10.3 Å². The Morgan fingerprint density at radius 3 is 2.70 bits per heavy atom. The highest BCUT2D eigenvalue weighted by Crippen LogP contribution is 2.30. The van der Waals surface area contributed by atoms with E-state index < -0.39 is 0 Å². The van der Waals surface area contributed by atoms with Crippen LogP contribution in [0.15, 0.2) is 36.5 Å². The van der Waals surface area contributed by atoms with Crippen molar-refractivity contribution in [3.8, 4) is 11.6 Å². The molecule has 0 spiro atoms. The lowest BCUT2D eigenvalue weighted by molar-refractivity contribution is 0.462. The quantitative estimate of drug-likeness (QED) is 0.887. The number of hydrogen-bond acceptors (Lipinski definition) is 3. The van der Waals surface area contributed by atoms with Gasteiger partial charge in [0.15, 0.2) is 0 Å². The third-order valence-electron chi connectivity index (χ3n) is 3.08. The number of benzene rings is 1. The molecule has 1 aromatic carbocycles. The molecule has 1 heterocycles. The van der Waals surface area contributed by atoms with Crippen LogP contribution in [0.1, 0.15) is 18.4 Å². The van der Waals surface area contributed by atoms with Gasteiger partial charge in [0.1, 0.15) is 5.75 Å². The SMILES string of the molecule is Clc1ccc(Oc2ccc(CNC3CC3)cn2)c(Cl)c1. The normalized spacial score (nSPS) is 14.3. The molecule has 1 aromatic heterocycles. The summed E-state index contributed by atoms with van der Waals surface area (Å²) in [7, 11) is 0. The summed E-state index contributed by atoms with van der Waals surface area (Å²) in [6.07, 6.45) is 4.38. The second-order valence-electron chi connectivity index (χ2n) is 4.84. The molecular formula is C15H14Cl2N2O. The number of halogens is 2. The first-order valence-corrected chi connectivity index (χ1v) is 7.27. The fourth-order valence-corrected chi connectivity index (χ4v) is 2.24. The van der Waals surface area contributed by atoms with Crippen molar-refractivity contribution in [2.24, 2.45) is 0 Å². The van der Waals surface area contributed by atoms with Gasteiger partial charge in [-0.05, 0) is 36.6 Å². The van der Waals surface area contributed by atoms with Gasteiger partial charge in [0.2, 0.25) is 5.88 Å². The van der Waals surface area contributed by atoms with Crippen LogP contribution in [0.5, 0.6) is 11.6 Å². The van der Waals surface area contributed by atoms with Gasteiger partial charge in [0.25, 0.3) is 0 Å². The van der Waals surface area contributed by atoms with Crippen molar-refractivity contribution in [1.29, 1.82) is 0 Å². The lowest BCUT2D eigenvalue weighted by Crippen LogP contribution is -2.15. The molecule has 0 amide bonds. The second kappa shape index (κ2) is 6.00. The van der Waals surface area contributed by atoms with Crippen LogP contribution < -0.4 is 10.1 Å². The van der Waals surface area contributed by atoms with Crippen LogP contribution >= 0.6 is 23.2 Å². The van der Waals surface area contributed by atoms with Gasteiger partial charge in [0, 0.05) is 29.9 Å². The lowest BCUT2D eigenvalue weighted by Gasteiger charge is -2.08. The maximum Gasteiger partial charge on any atom is 0.219 e. The van der Waals surface area contributed by atoms with Crippen LogP contribution in [-0.4, -0.2) is 11.0 Å². The highest BCUT2D eigenvalue weighted by molar-refractivity contribution is 6.35. The van der Waals surface area contributed by atoms with E-state index in [0.29, 0.717) is 27.7 Å². The van der Waals surface area contributed by atoms with Crippen molar-refractivity contribution >= 4 is 23.2 Å². The summed E-state index contributed by atoms with van der Waals surface area (Å²) in [6, 6.07) is 9.65. The molecule has 3 rings (SSSR count). The zero-order valence-corrected chi connectivity index (χ0v) is 12.3. The molecule has 0 unspecified atom stereocenters. The smallest absolute Gasteiger partial charge is 0.219 e. The number of nitrogens with zero attached hydrogens (tertiary/aromatic N) is 1. The number of nitrogens with one attached hydrogen (secondary N) is 1. The van der Waals surface area contributed by atoms with Crippen molar-refractivity contribution in [3.05, 3.63) is 52.1 Å². The van der Waals surface area contributed by atoms with E-state index in [4.69, 9.17) is 27.9 Å². The molecule has 104 valence electrons. The first-order chi connectivity index (χ1) is 9.70. The topological polar surface area (TPSA) is 34.1 Å². The Kier molecular flexibility index (Phi) is 4.10. The lowest BCUT2D eigenvalue weighted by atomic mass is 10.3. The van der Waals surface area contributed by atoms with Gasteiger partial charge in [-0.15, -0.1) is 0 Å². The number of aromatic nitrogens is 1. The van der Waals surface area contributed by atoms with Crippen LogP contribution in [0.3, 0.4) is 0 Å². The summed E-state index contributed by atoms with van der Waals surface area (Å²) >= 11 is 11.9. The maximum absolute atomic E-state index is 6.05. The minimum Gasteiger partial charge on any atom is -0.437 e. The minimum absolute atomic E-state index is 0.471. The van der Waals surface area contributed by atoms with E-state index in [-0.39, 0.29) is 0 Å². The van der Waals surface area contributed by atoms with E-state index >= 15 is 0 Å². The predicted molar refractivity (Wildman–Crippen MR) is 80.6 cm³/mol. The summed E-state index contributed by atoms with van der Waals surface area (Å²) in [4.78, 5) is 4.28. The Morgan fingerprint density at radius 2 is 2.05 bits per heavy atom. The minimum atomic E-state index is 0.471. The first kappa shape index (κ1) is 13.7. The van der Waals surface area contributed by atoms with E-state index in [1.54, 1.807) is 18.2 Å². The Bertz CT molecular complexity index is 597. The zero-order chi connectivity index (χ0) is 13.9. The average molecular weight is 309 g/mol. The van der Waals surface area contributed by atoms with Crippen LogP contribution in [0.25, 0.3) is 0 Å². The Balaban J connectivity index is 1.64. The molecule has 1 fully saturated rings. The molecule has 3 nitrogen and oxygen atoms in total. The van der Waals surface area contributed by atoms with Gasteiger partial charge in [-0.3, -0.25) is 0 Å². The van der Waals surface area contributed by atoms with Gasteiger partial charge in [0.05, 0.1) is 5.02 Å². The summed E-state index contributed by atoms with van der Waals surface area (Å²) in [6.45, 7) is 0.847.